The fourth-order valence-electron chi connectivity index (χ4n) is 1.59. The molecule has 0 aromatic heterocycles. The van der Waals surface area contributed by atoms with Gasteiger partial charge in [0.1, 0.15) is 5.92 Å². The number of carbonyl (C=O) groups excluding carboxylic acids is 2. The first kappa shape index (κ1) is 13.4. The van der Waals surface area contributed by atoms with E-state index in [9.17, 15) is 9.59 Å². The maximum atomic E-state index is 12.3. The molecule has 0 amide bonds. The van der Waals surface area contributed by atoms with Gasteiger partial charge < -0.3 is 4.74 Å². The molecule has 0 aliphatic carbocycles. The molecule has 1 rings (SSSR count). The molecule has 0 saturated heterocycles. The zero-order chi connectivity index (χ0) is 13.1. The number of hydrogen-bond donors (Lipinski definition) is 0. The molecule has 1 aromatic rings. The topological polar surface area (TPSA) is 43.4 Å². The van der Waals surface area contributed by atoms with Crippen LogP contribution in [0.2, 0.25) is 0 Å². The summed E-state index contributed by atoms with van der Waals surface area (Å²) in [5.41, 5.74) is 0.105. The highest BCUT2D eigenvalue weighted by molar-refractivity contribution is 6.06. The Kier molecular flexibility index (Phi) is 4.05. The number of Topliss-reactive ketones (excluding diaryl/α,β-unsaturated/α-hetero) is 1. The minimum Gasteiger partial charge on any atom is -0.468 e. The minimum absolute atomic E-state index is 0.129. The van der Waals surface area contributed by atoms with Crippen molar-refractivity contribution in [1.82, 2.24) is 0 Å². The Bertz CT molecular complexity index is 401. The first-order chi connectivity index (χ1) is 7.88. The van der Waals surface area contributed by atoms with Crippen molar-refractivity contribution >= 4 is 11.8 Å². The average molecular weight is 234 g/mol. The number of carbonyl (C=O) groups is 2. The quantitative estimate of drug-likeness (QED) is 0.596. The summed E-state index contributed by atoms with van der Waals surface area (Å²) in [6, 6.07) is 9.00. The molecule has 0 bridgehead atoms. The molecule has 17 heavy (non-hydrogen) atoms. The van der Waals surface area contributed by atoms with E-state index in [4.69, 9.17) is 4.74 Å². The highest BCUT2D eigenvalue weighted by Gasteiger charge is 2.36. The maximum Gasteiger partial charge on any atom is 0.320 e. The van der Waals surface area contributed by atoms with E-state index in [0.717, 1.165) is 0 Å². The standard InChI is InChI=1S/C14H18O3/c1-14(2,3)12(15)11(13(16)17-4)10-8-6-5-7-9-10/h5-9,11H,1-4H3. The van der Waals surface area contributed by atoms with Gasteiger partial charge in [0.25, 0.3) is 0 Å². The lowest BCUT2D eigenvalue weighted by Crippen LogP contribution is -2.32. The van der Waals surface area contributed by atoms with Crippen LogP contribution >= 0.6 is 0 Å². The van der Waals surface area contributed by atoms with Crippen molar-refractivity contribution < 1.29 is 14.3 Å². The SMILES string of the molecule is COC(=O)C(C(=O)C(C)(C)C)c1ccccc1. The molecule has 92 valence electrons. The summed E-state index contributed by atoms with van der Waals surface area (Å²) in [4.78, 5) is 24.0. The van der Waals surface area contributed by atoms with Gasteiger partial charge in [0.05, 0.1) is 7.11 Å². The van der Waals surface area contributed by atoms with Crippen LogP contribution in [0.15, 0.2) is 30.3 Å². The lowest BCUT2D eigenvalue weighted by molar-refractivity contribution is -0.147. The largest absolute Gasteiger partial charge is 0.468 e. The molecule has 0 fully saturated rings. The molecule has 0 N–H and O–H groups in total. The van der Waals surface area contributed by atoms with Crippen molar-refractivity contribution in [2.45, 2.75) is 26.7 Å². The molecule has 1 aromatic carbocycles. The fourth-order valence-corrected chi connectivity index (χ4v) is 1.59. The van der Waals surface area contributed by atoms with Gasteiger partial charge in [-0.1, -0.05) is 51.1 Å². The summed E-state index contributed by atoms with van der Waals surface area (Å²) >= 11 is 0. The molecule has 0 aliphatic heterocycles. The Morgan fingerprint density at radius 1 is 1.12 bits per heavy atom. The van der Waals surface area contributed by atoms with Crippen molar-refractivity contribution in [3.63, 3.8) is 0 Å². The zero-order valence-electron chi connectivity index (χ0n) is 10.7. The Balaban J connectivity index is 3.15. The summed E-state index contributed by atoms with van der Waals surface area (Å²) in [5, 5.41) is 0. The third-order valence-corrected chi connectivity index (χ3v) is 2.57. The smallest absolute Gasteiger partial charge is 0.320 e. The molecule has 1 unspecified atom stereocenters. The van der Waals surface area contributed by atoms with Gasteiger partial charge in [-0.3, -0.25) is 9.59 Å². The first-order valence-corrected chi connectivity index (χ1v) is 5.55. The van der Waals surface area contributed by atoms with Crippen molar-refractivity contribution in [1.29, 1.82) is 0 Å². The Morgan fingerprint density at radius 3 is 2.06 bits per heavy atom. The van der Waals surface area contributed by atoms with E-state index in [1.165, 1.54) is 7.11 Å². The van der Waals surface area contributed by atoms with Gasteiger partial charge in [0, 0.05) is 5.41 Å². The molecule has 3 heteroatoms. The lowest BCUT2D eigenvalue weighted by Gasteiger charge is -2.23. The Labute approximate surface area is 102 Å². The molecule has 0 aliphatic rings. The van der Waals surface area contributed by atoms with E-state index in [2.05, 4.69) is 0 Å². The fraction of sp³-hybridized carbons (Fsp3) is 0.429. The predicted octanol–water partition coefficient (Wildman–Crippen LogP) is 2.56. The third kappa shape index (κ3) is 3.16. The highest BCUT2D eigenvalue weighted by Crippen LogP contribution is 2.28. The van der Waals surface area contributed by atoms with Crippen LogP contribution in [0, 0.1) is 5.41 Å². The van der Waals surface area contributed by atoms with Crippen molar-refractivity contribution in [3.8, 4) is 0 Å². The van der Waals surface area contributed by atoms with E-state index in [1.54, 1.807) is 45.0 Å². The number of benzene rings is 1. The number of ketones is 1. The molecule has 0 heterocycles. The summed E-state index contributed by atoms with van der Waals surface area (Å²) in [7, 11) is 1.30. The van der Waals surface area contributed by atoms with Gasteiger partial charge in [-0.25, -0.2) is 0 Å². The van der Waals surface area contributed by atoms with E-state index < -0.39 is 17.3 Å². The van der Waals surface area contributed by atoms with E-state index in [0.29, 0.717) is 5.56 Å². The molecule has 3 nitrogen and oxygen atoms in total. The van der Waals surface area contributed by atoms with Crippen LogP contribution in [0.1, 0.15) is 32.3 Å². The molecular formula is C14H18O3. The monoisotopic (exact) mass is 234 g/mol. The van der Waals surface area contributed by atoms with E-state index in [1.807, 2.05) is 6.07 Å². The summed E-state index contributed by atoms with van der Waals surface area (Å²) < 4.78 is 4.72. The minimum atomic E-state index is -0.832. The molecule has 0 radical (unpaired) electrons. The van der Waals surface area contributed by atoms with Crippen LogP contribution in [0.25, 0.3) is 0 Å². The summed E-state index contributed by atoms with van der Waals surface area (Å²) in [6.07, 6.45) is 0. The number of ether oxygens (including phenoxy) is 1. The van der Waals surface area contributed by atoms with E-state index >= 15 is 0 Å². The van der Waals surface area contributed by atoms with Crippen molar-refractivity contribution in [2.24, 2.45) is 5.41 Å². The van der Waals surface area contributed by atoms with Crippen LogP contribution in [0.3, 0.4) is 0 Å². The maximum absolute atomic E-state index is 12.3. The number of esters is 1. The second-order valence-corrected chi connectivity index (χ2v) is 4.98. The number of hydrogen-bond acceptors (Lipinski definition) is 3. The highest BCUT2D eigenvalue weighted by atomic mass is 16.5. The number of methoxy groups -OCH3 is 1. The molecule has 1 atom stereocenters. The van der Waals surface area contributed by atoms with Crippen LogP contribution in [-0.4, -0.2) is 18.9 Å². The lowest BCUT2D eigenvalue weighted by atomic mass is 9.80. The predicted molar refractivity (Wildman–Crippen MR) is 65.7 cm³/mol. The normalized spacial score (nSPS) is 12.9. The van der Waals surface area contributed by atoms with Crippen LogP contribution in [-0.2, 0) is 14.3 Å². The molecule has 0 saturated carbocycles. The molecule has 0 spiro atoms. The van der Waals surface area contributed by atoms with Crippen molar-refractivity contribution in [2.75, 3.05) is 7.11 Å². The number of rotatable bonds is 3. The van der Waals surface area contributed by atoms with Crippen LogP contribution in [0.4, 0.5) is 0 Å². The van der Waals surface area contributed by atoms with Gasteiger partial charge in [-0.15, -0.1) is 0 Å². The van der Waals surface area contributed by atoms with Gasteiger partial charge in [-0.2, -0.15) is 0 Å². The molecular weight excluding hydrogens is 216 g/mol. The zero-order valence-corrected chi connectivity index (χ0v) is 10.7. The van der Waals surface area contributed by atoms with Crippen molar-refractivity contribution in [3.05, 3.63) is 35.9 Å². The Hall–Kier alpha value is -1.64. The van der Waals surface area contributed by atoms with Gasteiger partial charge in [0.15, 0.2) is 5.78 Å². The third-order valence-electron chi connectivity index (χ3n) is 2.57. The summed E-state index contributed by atoms with van der Waals surface area (Å²) in [6.45, 7) is 5.40. The van der Waals surface area contributed by atoms with E-state index in [-0.39, 0.29) is 5.78 Å². The second-order valence-electron chi connectivity index (χ2n) is 4.98. The first-order valence-electron chi connectivity index (χ1n) is 5.55. The average Bonchev–Trinajstić information content (AvgIpc) is 2.29. The summed E-state index contributed by atoms with van der Waals surface area (Å²) in [5.74, 6) is -1.46. The Morgan fingerprint density at radius 2 is 1.65 bits per heavy atom. The van der Waals surface area contributed by atoms with Gasteiger partial charge in [-0.05, 0) is 5.56 Å². The van der Waals surface area contributed by atoms with Gasteiger partial charge in [0.2, 0.25) is 0 Å². The second kappa shape index (κ2) is 5.13. The van der Waals surface area contributed by atoms with Gasteiger partial charge >= 0.3 is 5.97 Å². The van der Waals surface area contributed by atoms with Crippen LogP contribution in [0.5, 0.6) is 0 Å². The van der Waals surface area contributed by atoms with Crippen LogP contribution < -0.4 is 0 Å².